The van der Waals surface area contributed by atoms with E-state index in [0.29, 0.717) is 10.7 Å². The molecule has 4 rings (SSSR count). The number of rotatable bonds is 6. The first-order valence-corrected chi connectivity index (χ1v) is 13.7. The van der Waals surface area contributed by atoms with Gasteiger partial charge in [0.05, 0.1) is 17.4 Å². The smallest absolute Gasteiger partial charge is 0.339 e. The SMILES string of the molecule is Cc1ccc(S(=O)(=O)Oc2c(-c3ccc(S(C)(=O)=O)c(F)c3)cnn(-c3ccc(F)c(F)c3)c2=O)cc1. The first-order chi connectivity index (χ1) is 17.3. The molecule has 8 nitrogen and oxygen atoms in total. The third-order valence-electron chi connectivity index (χ3n) is 5.23. The van der Waals surface area contributed by atoms with Gasteiger partial charge in [-0.15, -0.1) is 0 Å². The predicted molar refractivity (Wildman–Crippen MR) is 127 cm³/mol. The highest BCUT2D eigenvalue weighted by Crippen LogP contribution is 2.31. The summed E-state index contributed by atoms with van der Waals surface area (Å²) in [4.78, 5) is 12.4. The molecule has 0 N–H and O–H groups in total. The van der Waals surface area contributed by atoms with Gasteiger partial charge >= 0.3 is 15.7 Å². The van der Waals surface area contributed by atoms with Crippen molar-refractivity contribution in [1.29, 1.82) is 0 Å². The van der Waals surface area contributed by atoms with Crippen LogP contribution < -0.4 is 9.74 Å². The van der Waals surface area contributed by atoms with Gasteiger partial charge in [0.1, 0.15) is 15.6 Å². The summed E-state index contributed by atoms with van der Waals surface area (Å²) in [5, 5.41) is 3.87. The van der Waals surface area contributed by atoms with Gasteiger partial charge in [-0.05, 0) is 48.9 Å². The van der Waals surface area contributed by atoms with Gasteiger partial charge in [-0.2, -0.15) is 18.2 Å². The zero-order valence-corrected chi connectivity index (χ0v) is 20.8. The summed E-state index contributed by atoms with van der Waals surface area (Å²) in [6, 6.07) is 10.8. The Kier molecular flexibility index (Phi) is 6.69. The molecule has 1 aromatic heterocycles. The van der Waals surface area contributed by atoms with Crippen LogP contribution in [0.3, 0.4) is 0 Å². The fourth-order valence-corrected chi connectivity index (χ4v) is 5.03. The number of benzene rings is 3. The Bertz CT molecular complexity index is 1800. The number of hydrogen-bond acceptors (Lipinski definition) is 7. The van der Waals surface area contributed by atoms with E-state index in [2.05, 4.69) is 5.10 Å². The van der Waals surface area contributed by atoms with Crippen LogP contribution in [0.4, 0.5) is 13.2 Å². The van der Waals surface area contributed by atoms with Gasteiger partial charge in [0.25, 0.3) is 0 Å². The molecule has 0 unspecified atom stereocenters. The van der Waals surface area contributed by atoms with Gasteiger partial charge in [-0.25, -0.2) is 21.6 Å². The van der Waals surface area contributed by atoms with Crippen LogP contribution in [-0.4, -0.2) is 32.9 Å². The Morgan fingerprint density at radius 1 is 0.838 bits per heavy atom. The lowest BCUT2D eigenvalue weighted by molar-refractivity contribution is 0.479. The lowest BCUT2D eigenvalue weighted by Gasteiger charge is -2.14. The Morgan fingerprint density at radius 2 is 1.51 bits per heavy atom. The summed E-state index contributed by atoms with van der Waals surface area (Å²) < 4.78 is 97.1. The van der Waals surface area contributed by atoms with Crippen molar-refractivity contribution in [3.8, 4) is 22.6 Å². The second kappa shape index (κ2) is 9.48. The van der Waals surface area contributed by atoms with Crippen molar-refractivity contribution in [3.63, 3.8) is 0 Å². The van der Waals surface area contributed by atoms with Gasteiger partial charge in [-0.3, -0.25) is 4.79 Å². The molecule has 0 fully saturated rings. The highest BCUT2D eigenvalue weighted by molar-refractivity contribution is 7.90. The van der Waals surface area contributed by atoms with Crippen LogP contribution in [0.1, 0.15) is 5.56 Å². The van der Waals surface area contributed by atoms with Crippen molar-refractivity contribution in [2.45, 2.75) is 16.7 Å². The molecule has 0 saturated carbocycles. The zero-order valence-electron chi connectivity index (χ0n) is 19.1. The minimum atomic E-state index is -4.60. The normalized spacial score (nSPS) is 11.9. The number of halogens is 3. The average molecular weight is 551 g/mol. The van der Waals surface area contributed by atoms with Crippen molar-refractivity contribution >= 4 is 20.0 Å². The molecular weight excluding hydrogens is 533 g/mol. The van der Waals surface area contributed by atoms with Crippen LogP contribution in [0.5, 0.6) is 5.75 Å². The minimum Gasteiger partial charge on any atom is -0.372 e. The van der Waals surface area contributed by atoms with Crippen molar-refractivity contribution in [2.75, 3.05) is 6.26 Å². The van der Waals surface area contributed by atoms with Crippen LogP contribution in [0.15, 0.2) is 81.4 Å². The molecule has 13 heteroatoms. The molecule has 0 aliphatic rings. The molecule has 0 radical (unpaired) electrons. The maximum Gasteiger partial charge on any atom is 0.339 e. The van der Waals surface area contributed by atoms with Gasteiger partial charge in [0.15, 0.2) is 21.5 Å². The molecule has 0 atom stereocenters. The van der Waals surface area contributed by atoms with Gasteiger partial charge < -0.3 is 4.18 Å². The fraction of sp³-hybridized carbons (Fsp3) is 0.0833. The van der Waals surface area contributed by atoms with E-state index in [1.165, 1.54) is 24.3 Å². The lowest BCUT2D eigenvalue weighted by Crippen LogP contribution is -2.26. The standard InChI is InChI=1S/C24H17F3N2O6S2/c1-14-3-7-17(8-4-14)37(33,34)35-23-18(15-5-10-22(21(27)11-15)36(2,31)32)13-28-29(24(23)30)16-6-9-19(25)20(26)12-16/h3-13H,1-2H3. The van der Waals surface area contributed by atoms with Crippen LogP contribution in [-0.2, 0) is 20.0 Å². The van der Waals surface area contributed by atoms with E-state index in [4.69, 9.17) is 4.18 Å². The van der Waals surface area contributed by atoms with E-state index in [9.17, 15) is 34.8 Å². The Labute approximate surface area is 209 Å². The Balaban J connectivity index is 1.94. The number of hydrogen-bond donors (Lipinski definition) is 0. The highest BCUT2D eigenvalue weighted by atomic mass is 32.2. The maximum absolute atomic E-state index is 14.6. The maximum atomic E-state index is 14.6. The van der Waals surface area contributed by atoms with Crippen LogP contribution in [0.25, 0.3) is 16.8 Å². The fourth-order valence-electron chi connectivity index (χ4n) is 3.36. The second-order valence-corrected chi connectivity index (χ2v) is 11.5. The molecule has 0 saturated heterocycles. The molecule has 3 aromatic carbocycles. The van der Waals surface area contributed by atoms with Crippen LogP contribution in [0, 0.1) is 24.4 Å². The highest BCUT2D eigenvalue weighted by Gasteiger charge is 2.25. The molecule has 0 aliphatic heterocycles. The number of aromatic nitrogens is 2. The van der Waals surface area contributed by atoms with Gasteiger partial charge in [0.2, 0.25) is 5.75 Å². The molecule has 192 valence electrons. The van der Waals surface area contributed by atoms with E-state index >= 15 is 0 Å². The van der Waals surface area contributed by atoms with Gasteiger partial charge in [-0.1, -0.05) is 23.8 Å². The van der Waals surface area contributed by atoms with Crippen molar-refractivity contribution in [2.24, 2.45) is 0 Å². The molecule has 4 aromatic rings. The van der Waals surface area contributed by atoms with Crippen LogP contribution >= 0.6 is 0 Å². The molecule has 1 heterocycles. The van der Waals surface area contributed by atoms with Gasteiger partial charge in [0, 0.05) is 12.3 Å². The first-order valence-electron chi connectivity index (χ1n) is 10.4. The summed E-state index contributed by atoms with van der Waals surface area (Å²) in [6.45, 7) is 1.73. The summed E-state index contributed by atoms with van der Waals surface area (Å²) in [6.07, 6.45) is 1.76. The molecular formula is C24H17F3N2O6S2. The molecule has 37 heavy (non-hydrogen) atoms. The third-order valence-corrected chi connectivity index (χ3v) is 7.59. The zero-order chi connectivity index (χ0) is 27.1. The summed E-state index contributed by atoms with van der Waals surface area (Å²) in [5.74, 6) is -4.46. The minimum absolute atomic E-state index is 0.124. The van der Waals surface area contributed by atoms with Crippen molar-refractivity contribution < 1.29 is 34.2 Å². The third kappa shape index (κ3) is 5.27. The van der Waals surface area contributed by atoms with E-state index in [1.54, 1.807) is 6.92 Å². The Morgan fingerprint density at radius 3 is 2.11 bits per heavy atom. The second-order valence-electron chi connectivity index (χ2n) is 7.97. The quantitative estimate of drug-likeness (QED) is 0.336. The summed E-state index contributed by atoms with van der Waals surface area (Å²) in [7, 11) is -8.52. The molecule has 0 aliphatic carbocycles. The van der Waals surface area contributed by atoms with Crippen molar-refractivity contribution in [1.82, 2.24) is 9.78 Å². The van der Waals surface area contributed by atoms with E-state index in [0.717, 1.165) is 48.3 Å². The topological polar surface area (TPSA) is 112 Å². The molecule has 0 bridgehead atoms. The molecule has 0 amide bonds. The summed E-state index contributed by atoms with van der Waals surface area (Å²) >= 11 is 0. The number of sulfone groups is 1. The lowest BCUT2D eigenvalue weighted by atomic mass is 10.1. The van der Waals surface area contributed by atoms with Crippen LogP contribution in [0.2, 0.25) is 0 Å². The van der Waals surface area contributed by atoms with E-state index < -0.39 is 53.6 Å². The average Bonchev–Trinajstić information content (AvgIpc) is 2.81. The predicted octanol–water partition coefficient (Wildman–Crippen LogP) is 3.80. The monoisotopic (exact) mass is 550 g/mol. The number of nitrogens with zero attached hydrogens (tertiary/aromatic N) is 2. The van der Waals surface area contributed by atoms with Crippen molar-refractivity contribution in [3.05, 3.63) is 100 Å². The number of aryl methyl sites for hydroxylation is 1. The van der Waals surface area contributed by atoms with E-state index in [-0.39, 0.29) is 21.7 Å². The first kappa shape index (κ1) is 26.1. The Hall–Kier alpha value is -3.97. The summed E-state index contributed by atoms with van der Waals surface area (Å²) in [5.41, 5.74) is -1.09. The van der Waals surface area contributed by atoms with E-state index in [1.807, 2.05) is 0 Å². The largest absolute Gasteiger partial charge is 0.372 e. The molecule has 0 spiro atoms.